The van der Waals surface area contributed by atoms with Gasteiger partial charge in [0, 0.05) is 17.3 Å². The molecule has 1 N–H and O–H groups in total. The molecule has 8 heteroatoms. The second-order valence-electron chi connectivity index (χ2n) is 5.96. The molecule has 1 amide bonds. The molecule has 3 rings (SSSR count). The van der Waals surface area contributed by atoms with Gasteiger partial charge in [0.25, 0.3) is 5.91 Å². The number of esters is 1. The quantitative estimate of drug-likeness (QED) is 0.668. The van der Waals surface area contributed by atoms with Gasteiger partial charge in [0.1, 0.15) is 5.76 Å². The summed E-state index contributed by atoms with van der Waals surface area (Å²) >= 11 is 0. The molecule has 1 aromatic heterocycles. The van der Waals surface area contributed by atoms with Crippen LogP contribution in [-0.2, 0) is 9.53 Å². The summed E-state index contributed by atoms with van der Waals surface area (Å²) in [6.45, 7) is 2.91. The van der Waals surface area contributed by atoms with Crippen molar-refractivity contribution >= 4 is 17.6 Å². The van der Waals surface area contributed by atoms with E-state index in [-0.39, 0.29) is 23.0 Å². The van der Waals surface area contributed by atoms with E-state index in [1.165, 1.54) is 13.0 Å². The third-order valence-corrected chi connectivity index (χ3v) is 3.85. The van der Waals surface area contributed by atoms with Crippen LogP contribution in [0.3, 0.4) is 0 Å². The Kier molecular flexibility index (Phi) is 5.49. The summed E-state index contributed by atoms with van der Waals surface area (Å²) in [6, 6.07) is 11.9. The molecule has 0 aliphatic heterocycles. The SMILES string of the molecule is Cc1oc(-c2ccccc2)nc1C(=O)O[C@H](C)C(=O)Nc1ccc(F)c(F)c1. The Hall–Kier alpha value is -3.55. The minimum atomic E-state index is -1.20. The first kappa shape index (κ1) is 19.2. The third kappa shape index (κ3) is 4.22. The van der Waals surface area contributed by atoms with E-state index in [1.807, 2.05) is 6.07 Å². The number of hydrogen-bond donors (Lipinski definition) is 1. The Morgan fingerprint density at radius 1 is 1.11 bits per heavy atom. The van der Waals surface area contributed by atoms with Gasteiger partial charge < -0.3 is 14.5 Å². The van der Waals surface area contributed by atoms with E-state index in [4.69, 9.17) is 9.15 Å². The summed E-state index contributed by atoms with van der Waals surface area (Å²) in [5.74, 6) is -3.18. The van der Waals surface area contributed by atoms with Crippen LogP contribution in [0, 0.1) is 18.6 Å². The van der Waals surface area contributed by atoms with Gasteiger partial charge >= 0.3 is 5.97 Å². The zero-order valence-electron chi connectivity index (χ0n) is 15.0. The number of nitrogens with zero attached hydrogens (tertiary/aromatic N) is 1. The van der Waals surface area contributed by atoms with E-state index < -0.39 is 29.6 Å². The zero-order valence-corrected chi connectivity index (χ0v) is 15.0. The van der Waals surface area contributed by atoms with Gasteiger partial charge in [-0.3, -0.25) is 4.79 Å². The van der Waals surface area contributed by atoms with E-state index in [0.29, 0.717) is 5.56 Å². The van der Waals surface area contributed by atoms with Crippen molar-refractivity contribution in [3.05, 3.63) is 71.6 Å². The van der Waals surface area contributed by atoms with E-state index in [0.717, 1.165) is 12.1 Å². The number of amides is 1. The number of carbonyl (C=O) groups is 2. The average molecular weight is 386 g/mol. The van der Waals surface area contributed by atoms with Gasteiger partial charge in [-0.15, -0.1) is 0 Å². The lowest BCUT2D eigenvalue weighted by Gasteiger charge is -2.13. The number of anilines is 1. The minimum absolute atomic E-state index is 0.0378. The molecular formula is C20H16F2N2O4. The van der Waals surface area contributed by atoms with Crippen LogP contribution in [0.4, 0.5) is 14.5 Å². The Bertz CT molecular complexity index is 1020. The average Bonchev–Trinajstić information content (AvgIpc) is 3.07. The van der Waals surface area contributed by atoms with Crippen LogP contribution < -0.4 is 5.32 Å². The summed E-state index contributed by atoms with van der Waals surface area (Å²) in [5, 5.41) is 2.35. The number of halogens is 2. The molecule has 0 aliphatic carbocycles. The minimum Gasteiger partial charge on any atom is -0.448 e. The maximum absolute atomic E-state index is 13.2. The van der Waals surface area contributed by atoms with Crippen LogP contribution in [0.5, 0.6) is 0 Å². The molecule has 0 unspecified atom stereocenters. The molecular weight excluding hydrogens is 370 g/mol. The smallest absolute Gasteiger partial charge is 0.361 e. The monoisotopic (exact) mass is 386 g/mol. The molecule has 1 heterocycles. The number of ether oxygens (including phenoxy) is 1. The lowest BCUT2D eigenvalue weighted by Crippen LogP contribution is -2.30. The molecule has 0 spiro atoms. The fraction of sp³-hybridized carbons (Fsp3) is 0.150. The maximum Gasteiger partial charge on any atom is 0.361 e. The molecule has 0 aliphatic rings. The fourth-order valence-electron chi connectivity index (χ4n) is 2.38. The maximum atomic E-state index is 13.2. The predicted octanol–water partition coefficient (Wildman–Crippen LogP) is 4.11. The zero-order chi connectivity index (χ0) is 20.3. The number of aromatic nitrogens is 1. The molecule has 28 heavy (non-hydrogen) atoms. The molecule has 0 saturated carbocycles. The molecule has 2 aromatic carbocycles. The van der Waals surface area contributed by atoms with Crippen molar-refractivity contribution in [1.82, 2.24) is 4.98 Å². The molecule has 0 radical (unpaired) electrons. The third-order valence-electron chi connectivity index (χ3n) is 3.85. The lowest BCUT2D eigenvalue weighted by molar-refractivity contribution is -0.123. The molecule has 1 atom stereocenters. The lowest BCUT2D eigenvalue weighted by atomic mass is 10.2. The summed E-state index contributed by atoms with van der Waals surface area (Å²) < 4.78 is 36.8. The van der Waals surface area contributed by atoms with Gasteiger partial charge in [-0.25, -0.2) is 18.6 Å². The van der Waals surface area contributed by atoms with E-state index in [9.17, 15) is 18.4 Å². The fourth-order valence-corrected chi connectivity index (χ4v) is 2.38. The summed E-state index contributed by atoms with van der Waals surface area (Å²) in [7, 11) is 0. The van der Waals surface area contributed by atoms with Crippen LogP contribution in [0.2, 0.25) is 0 Å². The molecule has 0 fully saturated rings. The van der Waals surface area contributed by atoms with Crippen LogP contribution in [0.15, 0.2) is 52.9 Å². The van der Waals surface area contributed by atoms with Crippen LogP contribution in [0.1, 0.15) is 23.2 Å². The van der Waals surface area contributed by atoms with Gasteiger partial charge in [0.2, 0.25) is 5.89 Å². The van der Waals surface area contributed by atoms with Crippen molar-refractivity contribution in [2.75, 3.05) is 5.32 Å². The number of benzene rings is 2. The first-order valence-electron chi connectivity index (χ1n) is 8.35. The largest absolute Gasteiger partial charge is 0.448 e. The van der Waals surface area contributed by atoms with Crippen LogP contribution in [0.25, 0.3) is 11.5 Å². The topological polar surface area (TPSA) is 81.4 Å². The summed E-state index contributed by atoms with van der Waals surface area (Å²) in [4.78, 5) is 28.6. The van der Waals surface area contributed by atoms with Gasteiger partial charge in [-0.05, 0) is 38.1 Å². The highest BCUT2D eigenvalue weighted by molar-refractivity contribution is 5.97. The van der Waals surface area contributed by atoms with Gasteiger partial charge in [0.15, 0.2) is 23.4 Å². The van der Waals surface area contributed by atoms with Crippen molar-refractivity contribution in [2.45, 2.75) is 20.0 Å². The number of carbonyl (C=O) groups excluding carboxylic acids is 2. The summed E-state index contributed by atoms with van der Waals surface area (Å²) in [5.41, 5.74) is 0.677. The highest BCUT2D eigenvalue weighted by Gasteiger charge is 2.24. The second kappa shape index (κ2) is 7.99. The molecule has 0 bridgehead atoms. The standard InChI is InChI=1S/C20H16F2N2O4/c1-11-17(24-19(27-11)13-6-4-3-5-7-13)20(26)28-12(2)18(25)23-14-8-9-15(21)16(22)10-14/h3-10,12H,1-2H3,(H,23,25)/t12-/m1/s1. The van der Waals surface area contributed by atoms with E-state index >= 15 is 0 Å². The molecule has 144 valence electrons. The van der Waals surface area contributed by atoms with Crippen molar-refractivity contribution in [1.29, 1.82) is 0 Å². The summed E-state index contributed by atoms with van der Waals surface area (Å²) in [6.07, 6.45) is -1.20. The Morgan fingerprint density at radius 3 is 2.50 bits per heavy atom. The van der Waals surface area contributed by atoms with Gasteiger partial charge in [0.05, 0.1) is 0 Å². The normalized spacial score (nSPS) is 11.7. The second-order valence-corrected chi connectivity index (χ2v) is 5.96. The van der Waals surface area contributed by atoms with Crippen molar-refractivity contribution in [3.63, 3.8) is 0 Å². The first-order chi connectivity index (χ1) is 13.3. The first-order valence-corrected chi connectivity index (χ1v) is 8.35. The highest BCUT2D eigenvalue weighted by Crippen LogP contribution is 2.22. The molecule has 6 nitrogen and oxygen atoms in total. The van der Waals surface area contributed by atoms with E-state index in [2.05, 4.69) is 10.3 Å². The number of aryl methyl sites for hydroxylation is 1. The highest BCUT2D eigenvalue weighted by atomic mass is 19.2. The van der Waals surface area contributed by atoms with Crippen molar-refractivity contribution < 1.29 is 27.5 Å². The number of oxazole rings is 1. The van der Waals surface area contributed by atoms with Gasteiger partial charge in [-0.2, -0.15) is 0 Å². The van der Waals surface area contributed by atoms with E-state index in [1.54, 1.807) is 31.2 Å². The predicted molar refractivity (Wildman–Crippen MR) is 96.5 cm³/mol. The number of nitrogens with one attached hydrogen (secondary N) is 1. The Balaban J connectivity index is 1.67. The Morgan fingerprint density at radius 2 is 1.82 bits per heavy atom. The molecule has 0 saturated heterocycles. The van der Waals surface area contributed by atoms with Crippen molar-refractivity contribution in [3.8, 4) is 11.5 Å². The van der Waals surface area contributed by atoms with Crippen LogP contribution in [-0.4, -0.2) is 23.0 Å². The van der Waals surface area contributed by atoms with Crippen molar-refractivity contribution in [2.24, 2.45) is 0 Å². The molecule has 3 aromatic rings. The number of rotatable bonds is 5. The number of hydrogen-bond acceptors (Lipinski definition) is 5. The van der Waals surface area contributed by atoms with Gasteiger partial charge in [-0.1, -0.05) is 18.2 Å². The Labute approximate surface area is 159 Å². The van der Waals surface area contributed by atoms with Crippen LogP contribution >= 0.6 is 0 Å².